The van der Waals surface area contributed by atoms with Crippen LogP contribution in [0.1, 0.15) is 59.3 Å². The standard InChI is InChI=1S/C14H26F3N/c1-13(2,3)9-8-12(18)10-4-6-11(7-5-10)14(15,16)17/h10-12H,4-9,18H2,1-3H3. The van der Waals surface area contributed by atoms with Gasteiger partial charge in [-0.25, -0.2) is 0 Å². The quantitative estimate of drug-likeness (QED) is 0.798. The predicted octanol–water partition coefficient (Wildman–Crippen LogP) is 4.51. The van der Waals surface area contributed by atoms with Gasteiger partial charge in [0.1, 0.15) is 0 Å². The van der Waals surface area contributed by atoms with Gasteiger partial charge in [0.25, 0.3) is 0 Å². The van der Waals surface area contributed by atoms with Crippen LogP contribution < -0.4 is 5.73 Å². The lowest BCUT2D eigenvalue weighted by molar-refractivity contribution is -0.184. The van der Waals surface area contributed by atoms with E-state index in [1.165, 1.54) is 0 Å². The summed E-state index contributed by atoms with van der Waals surface area (Å²) in [6, 6.07) is 0.0680. The number of halogens is 3. The Morgan fingerprint density at radius 3 is 1.94 bits per heavy atom. The molecule has 1 rings (SSSR count). The van der Waals surface area contributed by atoms with Gasteiger partial charge in [-0.3, -0.25) is 0 Å². The highest BCUT2D eigenvalue weighted by molar-refractivity contribution is 4.83. The van der Waals surface area contributed by atoms with Crippen LogP contribution in [0.2, 0.25) is 0 Å². The molecule has 2 N–H and O–H groups in total. The molecule has 0 radical (unpaired) electrons. The largest absolute Gasteiger partial charge is 0.391 e. The monoisotopic (exact) mass is 265 g/mol. The minimum atomic E-state index is -4.01. The molecule has 0 aliphatic heterocycles. The summed E-state index contributed by atoms with van der Waals surface area (Å²) in [4.78, 5) is 0. The molecule has 0 aromatic carbocycles. The van der Waals surface area contributed by atoms with Crippen molar-refractivity contribution in [2.24, 2.45) is 23.0 Å². The highest BCUT2D eigenvalue weighted by Gasteiger charge is 2.42. The van der Waals surface area contributed by atoms with Crippen LogP contribution in [0.4, 0.5) is 13.2 Å². The Morgan fingerprint density at radius 1 is 1.06 bits per heavy atom. The van der Waals surface area contributed by atoms with E-state index in [2.05, 4.69) is 20.8 Å². The molecule has 1 nitrogen and oxygen atoms in total. The van der Waals surface area contributed by atoms with Crippen molar-refractivity contribution < 1.29 is 13.2 Å². The molecule has 1 unspecified atom stereocenters. The Balaban J connectivity index is 2.34. The Morgan fingerprint density at radius 2 is 1.56 bits per heavy atom. The van der Waals surface area contributed by atoms with Crippen LogP contribution in [0.3, 0.4) is 0 Å². The van der Waals surface area contributed by atoms with E-state index in [0.717, 1.165) is 12.8 Å². The molecule has 1 aliphatic carbocycles. The Hall–Kier alpha value is -0.250. The van der Waals surface area contributed by atoms with Crippen molar-refractivity contribution in [3.63, 3.8) is 0 Å². The second-order valence-electron chi connectivity index (χ2n) is 6.92. The molecule has 1 aliphatic rings. The summed E-state index contributed by atoms with van der Waals surface area (Å²) in [5.74, 6) is -0.811. The zero-order valence-electron chi connectivity index (χ0n) is 11.7. The van der Waals surface area contributed by atoms with Crippen LogP contribution >= 0.6 is 0 Å². The zero-order chi connectivity index (χ0) is 14.0. The van der Waals surface area contributed by atoms with Gasteiger partial charge >= 0.3 is 6.18 Å². The van der Waals surface area contributed by atoms with Gasteiger partial charge in [0.05, 0.1) is 5.92 Å². The molecular weight excluding hydrogens is 239 g/mol. The highest BCUT2D eigenvalue weighted by Crippen LogP contribution is 2.40. The van der Waals surface area contributed by atoms with Crippen LogP contribution in [-0.4, -0.2) is 12.2 Å². The zero-order valence-corrected chi connectivity index (χ0v) is 11.7. The molecule has 0 heterocycles. The molecule has 0 saturated heterocycles. The molecule has 0 aromatic heterocycles. The second-order valence-corrected chi connectivity index (χ2v) is 6.92. The molecule has 0 amide bonds. The van der Waals surface area contributed by atoms with Crippen molar-refractivity contribution in [3.8, 4) is 0 Å². The predicted molar refractivity (Wildman–Crippen MR) is 68.2 cm³/mol. The van der Waals surface area contributed by atoms with Crippen molar-refractivity contribution in [2.75, 3.05) is 0 Å². The van der Waals surface area contributed by atoms with Gasteiger partial charge in [-0.15, -0.1) is 0 Å². The second kappa shape index (κ2) is 5.81. The molecule has 1 atom stereocenters. The summed E-state index contributed by atoms with van der Waals surface area (Å²) in [5, 5.41) is 0. The first kappa shape index (κ1) is 15.8. The first-order valence-electron chi connectivity index (χ1n) is 6.92. The van der Waals surface area contributed by atoms with Crippen molar-refractivity contribution >= 4 is 0 Å². The lowest BCUT2D eigenvalue weighted by Gasteiger charge is -2.34. The molecule has 4 heteroatoms. The van der Waals surface area contributed by atoms with Gasteiger partial charge in [-0.2, -0.15) is 13.2 Å². The van der Waals surface area contributed by atoms with E-state index in [0.29, 0.717) is 12.8 Å². The highest BCUT2D eigenvalue weighted by atomic mass is 19.4. The maximum atomic E-state index is 12.5. The van der Waals surface area contributed by atoms with Gasteiger partial charge < -0.3 is 5.73 Å². The van der Waals surface area contributed by atoms with Gasteiger partial charge in [0.2, 0.25) is 0 Å². The Kier molecular flexibility index (Phi) is 5.10. The summed E-state index contributed by atoms with van der Waals surface area (Å²) in [6.45, 7) is 6.50. The van der Waals surface area contributed by atoms with E-state index in [9.17, 15) is 13.2 Å². The Labute approximate surface area is 108 Å². The van der Waals surface area contributed by atoms with Crippen molar-refractivity contribution in [2.45, 2.75) is 71.5 Å². The van der Waals surface area contributed by atoms with Crippen LogP contribution in [0, 0.1) is 17.3 Å². The first-order valence-corrected chi connectivity index (χ1v) is 6.92. The molecule has 108 valence electrons. The van der Waals surface area contributed by atoms with Crippen LogP contribution in [0.5, 0.6) is 0 Å². The van der Waals surface area contributed by atoms with E-state index in [1.54, 1.807) is 0 Å². The number of nitrogens with two attached hydrogens (primary N) is 1. The van der Waals surface area contributed by atoms with Gasteiger partial charge in [-0.05, 0) is 49.9 Å². The molecule has 0 aromatic rings. The third-order valence-electron chi connectivity index (χ3n) is 4.07. The summed E-state index contributed by atoms with van der Waals surface area (Å²) in [6.07, 6.45) is -0.265. The molecular formula is C14H26F3N. The lowest BCUT2D eigenvalue weighted by Crippen LogP contribution is -2.36. The maximum Gasteiger partial charge on any atom is 0.391 e. The van der Waals surface area contributed by atoms with Gasteiger partial charge in [0, 0.05) is 6.04 Å². The van der Waals surface area contributed by atoms with Crippen LogP contribution in [0.15, 0.2) is 0 Å². The number of hydrogen-bond acceptors (Lipinski definition) is 1. The van der Waals surface area contributed by atoms with Crippen LogP contribution in [-0.2, 0) is 0 Å². The fourth-order valence-corrected chi connectivity index (χ4v) is 2.71. The summed E-state index contributed by atoms with van der Waals surface area (Å²) in [7, 11) is 0. The summed E-state index contributed by atoms with van der Waals surface area (Å²) >= 11 is 0. The molecule has 1 fully saturated rings. The Bertz CT molecular complexity index is 247. The van der Waals surface area contributed by atoms with E-state index in [1.807, 2.05) is 0 Å². The van der Waals surface area contributed by atoms with Gasteiger partial charge in [-0.1, -0.05) is 20.8 Å². The topological polar surface area (TPSA) is 26.0 Å². The molecule has 0 spiro atoms. The fourth-order valence-electron chi connectivity index (χ4n) is 2.71. The van der Waals surface area contributed by atoms with Crippen LogP contribution in [0.25, 0.3) is 0 Å². The van der Waals surface area contributed by atoms with Gasteiger partial charge in [0.15, 0.2) is 0 Å². The van der Waals surface area contributed by atoms with E-state index in [-0.39, 0.29) is 30.2 Å². The third-order valence-corrected chi connectivity index (χ3v) is 4.07. The first-order chi connectivity index (χ1) is 8.09. The molecule has 1 saturated carbocycles. The SMILES string of the molecule is CC(C)(C)CCC(N)C1CCC(C(F)(F)F)CC1. The molecule has 18 heavy (non-hydrogen) atoms. The number of rotatable bonds is 3. The van der Waals surface area contributed by atoms with Crippen molar-refractivity contribution in [1.82, 2.24) is 0 Å². The van der Waals surface area contributed by atoms with Crippen molar-refractivity contribution in [3.05, 3.63) is 0 Å². The minimum Gasteiger partial charge on any atom is -0.327 e. The average Bonchev–Trinajstić information content (AvgIpc) is 2.24. The normalized spacial score (nSPS) is 28.2. The summed E-state index contributed by atoms with van der Waals surface area (Å²) < 4.78 is 37.6. The lowest BCUT2D eigenvalue weighted by atomic mass is 9.76. The number of hydrogen-bond donors (Lipinski definition) is 1. The average molecular weight is 265 g/mol. The molecule has 0 bridgehead atoms. The van der Waals surface area contributed by atoms with E-state index >= 15 is 0 Å². The van der Waals surface area contributed by atoms with Crippen molar-refractivity contribution in [1.29, 1.82) is 0 Å². The fraction of sp³-hybridized carbons (Fsp3) is 1.00. The number of alkyl halides is 3. The van der Waals surface area contributed by atoms with E-state index in [4.69, 9.17) is 5.73 Å². The maximum absolute atomic E-state index is 12.5. The smallest absolute Gasteiger partial charge is 0.327 e. The minimum absolute atomic E-state index is 0.0680. The third kappa shape index (κ3) is 5.17. The van der Waals surface area contributed by atoms with E-state index < -0.39 is 12.1 Å². The summed E-state index contributed by atoms with van der Waals surface area (Å²) in [5.41, 5.74) is 6.38.